The third-order valence-corrected chi connectivity index (χ3v) is 3.77. The van der Waals surface area contributed by atoms with Crippen LogP contribution >= 0.6 is 0 Å². The Morgan fingerprint density at radius 3 is 2.26 bits per heavy atom. The molecule has 0 bridgehead atoms. The molecule has 0 fully saturated rings. The number of rotatable bonds is 13. The number of aryl methyl sites for hydroxylation is 1. The van der Waals surface area contributed by atoms with Crippen LogP contribution in [0.3, 0.4) is 0 Å². The molecule has 2 N–H and O–H groups in total. The molecule has 0 aliphatic rings. The molecule has 0 heterocycles. The van der Waals surface area contributed by atoms with Crippen molar-refractivity contribution in [3.05, 3.63) is 47.0 Å². The molecule has 27 heavy (non-hydrogen) atoms. The summed E-state index contributed by atoms with van der Waals surface area (Å²) in [5, 5.41) is 18.4. The maximum absolute atomic E-state index is 12.1. The number of aliphatic carboxylic acids is 2. The van der Waals surface area contributed by atoms with E-state index >= 15 is 0 Å². The zero-order valence-electron chi connectivity index (χ0n) is 15.5. The number of carboxylic acids is 2. The summed E-state index contributed by atoms with van der Waals surface area (Å²) >= 11 is 0. The molecule has 0 unspecified atom stereocenters. The first-order valence-corrected chi connectivity index (χ1v) is 8.87. The predicted octanol–water partition coefficient (Wildman–Crippen LogP) is 2.83. The maximum Gasteiger partial charge on any atom is 0.332 e. The van der Waals surface area contributed by atoms with Crippen molar-refractivity contribution in [1.29, 1.82) is 0 Å². The minimum Gasteiger partial charge on any atom is -0.481 e. The zero-order chi connectivity index (χ0) is 20.1. The number of ether oxygens (including phenoxy) is 2. The largest absolute Gasteiger partial charge is 0.481 e. The highest BCUT2D eigenvalue weighted by Crippen LogP contribution is 2.20. The fourth-order valence-corrected chi connectivity index (χ4v) is 2.48. The number of carbonyl (C=O) groups excluding carboxylic acids is 1. The Balaban J connectivity index is 2.81. The second-order valence-corrected chi connectivity index (χ2v) is 5.95. The quantitative estimate of drug-likeness (QED) is 0.308. The average Bonchev–Trinajstić information content (AvgIpc) is 2.63. The summed E-state index contributed by atoms with van der Waals surface area (Å²) in [6, 6.07) is 9.36. The molecule has 0 aromatic heterocycles. The molecule has 0 saturated carbocycles. The standard InChI is InChI=1S/C20H26O7/c1-2-10-26-11-12-27-19(23)13-16(17(20(24)25)14-18(21)22)9-8-15-6-4-3-5-7-15/h3-7H,2,8-14H2,1H3,(H,21,22)(H,24,25). The van der Waals surface area contributed by atoms with Crippen LogP contribution in [0.15, 0.2) is 41.5 Å². The van der Waals surface area contributed by atoms with E-state index in [1.807, 2.05) is 37.3 Å². The van der Waals surface area contributed by atoms with Crippen LogP contribution in [0.2, 0.25) is 0 Å². The second-order valence-electron chi connectivity index (χ2n) is 5.95. The van der Waals surface area contributed by atoms with E-state index in [1.54, 1.807) is 0 Å². The Bertz CT molecular complexity index is 650. The molecule has 0 aliphatic carbocycles. The zero-order valence-corrected chi connectivity index (χ0v) is 15.5. The smallest absolute Gasteiger partial charge is 0.332 e. The number of carboxylic acid groups (broad SMARTS) is 2. The van der Waals surface area contributed by atoms with E-state index in [0.29, 0.717) is 13.0 Å². The van der Waals surface area contributed by atoms with Crippen molar-refractivity contribution in [2.24, 2.45) is 0 Å². The molecule has 0 atom stereocenters. The molecule has 0 aliphatic heterocycles. The third kappa shape index (κ3) is 9.55. The summed E-state index contributed by atoms with van der Waals surface area (Å²) in [5.41, 5.74) is 0.974. The summed E-state index contributed by atoms with van der Waals surface area (Å²) in [5.74, 6) is -3.19. The Labute approximate surface area is 158 Å². The minimum absolute atomic E-state index is 0.0755. The molecular formula is C20H26O7. The van der Waals surface area contributed by atoms with Gasteiger partial charge < -0.3 is 19.7 Å². The van der Waals surface area contributed by atoms with Crippen LogP contribution in [-0.2, 0) is 30.3 Å². The van der Waals surface area contributed by atoms with Gasteiger partial charge in [-0.05, 0) is 30.4 Å². The first-order valence-electron chi connectivity index (χ1n) is 8.87. The van der Waals surface area contributed by atoms with Crippen LogP contribution in [0.5, 0.6) is 0 Å². The van der Waals surface area contributed by atoms with Crippen molar-refractivity contribution in [2.75, 3.05) is 19.8 Å². The molecule has 0 radical (unpaired) electrons. The van der Waals surface area contributed by atoms with E-state index in [-0.39, 0.29) is 37.2 Å². The first kappa shape index (κ1) is 22.4. The third-order valence-electron chi connectivity index (χ3n) is 3.77. The van der Waals surface area contributed by atoms with Gasteiger partial charge in [-0.2, -0.15) is 0 Å². The average molecular weight is 378 g/mol. The van der Waals surface area contributed by atoms with Gasteiger partial charge in [0.1, 0.15) is 6.61 Å². The summed E-state index contributed by atoms with van der Waals surface area (Å²) in [7, 11) is 0. The number of carbonyl (C=O) groups is 3. The lowest BCUT2D eigenvalue weighted by Gasteiger charge is -2.12. The van der Waals surface area contributed by atoms with Crippen molar-refractivity contribution >= 4 is 17.9 Å². The molecule has 0 saturated heterocycles. The van der Waals surface area contributed by atoms with Gasteiger partial charge in [0.25, 0.3) is 0 Å². The van der Waals surface area contributed by atoms with Gasteiger partial charge in [-0.1, -0.05) is 37.3 Å². The predicted molar refractivity (Wildman–Crippen MR) is 98.4 cm³/mol. The van der Waals surface area contributed by atoms with Crippen molar-refractivity contribution in [3.8, 4) is 0 Å². The molecule has 1 aromatic rings. The lowest BCUT2D eigenvalue weighted by molar-refractivity contribution is -0.144. The van der Waals surface area contributed by atoms with Crippen molar-refractivity contribution < 1.29 is 34.1 Å². The van der Waals surface area contributed by atoms with E-state index in [9.17, 15) is 19.5 Å². The second kappa shape index (κ2) is 12.6. The Morgan fingerprint density at radius 2 is 1.67 bits per heavy atom. The van der Waals surface area contributed by atoms with E-state index in [2.05, 4.69) is 0 Å². The highest BCUT2D eigenvalue weighted by molar-refractivity contribution is 5.93. The Kier molecular flexibility index (Phi) is 10.5. The van der Waals surface area contributed by atoms with Gasteiger partial charge in [-0.15, -0.1) is 0 Å². The maximum atomic E-state index is 12.1. The van der Waals surface area contributed by atoms with Crippen LogP contribution < -0.4 is 0 Å². The van der Waals surface area contributed by atoms with Crippen LogP contribution in [-0.4, -0.2) is 47.9 Å². The first-order chi connectivity index (χ1) is 12.9. The van der Waals surface area contributed by atoms with Gasteiger partial charge in [0.2, 0.25) is 0 Å². The monoisotopic (exact) mass is 378 g/mol. The summed E-state index contributed by atoms with van der Waals surface area (Å²) in [6.07, 6.45) is 0.721. The Hall–Kier alpha value is -2.67. The van der Waals surface area contributed by atoms with Gasteiger partial charge in [-0.25, -0.2) is 4.79 Å². The topological polar surface area (TPSA) is 110 Å². The SMILES string of the molecule is CCCOCCOC(=O)CC(CCc1ccccc1)=C(CC(=O)O)C(=O)O. The van der Waals surface area contributed by atoms with Gasteiger partial charge >= 0.3 is 17.9 Å². The van der Waals surface area contributed by atoms with E-state index in [0.717, 1.165) is 12.0 Å². The molecule has 0 amide bonds. The minimum atomic E-state index is -1.33. The van der Waals surface area contributed by atoms with E-state index < -0.39 is 24.3 Å². The molecule has 148 valence electrons. The number of benzene rings is 1. The van der Waals surface area contributed by atoms with Crippen LogP contribution in [0, 0.1) is 0 Å². The Morgan fingerprint density at radius 1 is 0.963 bits per heavy atom. The summed E-state index contributed by atoms with van der Waals surface area (Å²) < 4.78 is 10.3. The molecule has 7 heteroatoms. The van der Waals surface area contributed by atoms with Gasteiger partial charge in [0.05, 0.1) is 19.4 Å². The van der Waals surface area contributed by atoms with Gasteiger partial charge in [-0.3, -0.25) is 9.59 Å². The van der Waals surface area contributed by atoms with E-state index in [4.69, 9.17) is 14.6 Å². The van der Waals surface area contributed by atoms with Gasteiger partial charge in [0, 0.05) is 12.2 Å². The van der Waals surface area contributed by atoms with Crippen molar-refractivity contribution in [1.82, 2.24) is 0 Å². The highest BCUT2D eigenvalue weighted by atomic mass is 16.6. The molecule has 0 spiro atoms. The van der Waals surface area contributed by atoms with Crippen molar-refractivity contribution in [3.63, 3.8) is 0 Å². The fraction of sp³-hybridized carbons (Fsp3) is 0.450. The van der Waals surface area contributed by atoms with Gasteiger partial charge in [0.15, 0.2) is 0 Å². The fourth-order valence-electron chi connectivity index (χ4n) is 2.48. The normalized spacial score (nSPS) is 11.6. The lowest BCUT2D eigenvalue weighted by atomic mass is 9.95. The van der Waals surface area contributed by atoms with Crippen LogP contribution in [0.1, 0.15) is 38.2 Å². The lowest BCUT2D eigenvalue weighted by Crippen LogP contribution is -2.15. The molecule has 7 nitrogen and oxygen atoms in total. The van der Waals surface area contributed by atoms with Crippen LogP contribution in [0.4, 0.5) is 0 Å². The molecule has 1 aromatic carbocycles. The summed E-state index contributed by atoms with van der Waals surface area (Å²) in [6.45, 7) is 2.88. The molecular weight excluding hydrogens is 352 g/mol. The van der Waals surface area contributed by atoms with Crippen LogP contribution in [0.25, 0.3) is 0 Å². The van der Waals surface area contributed by atoms with Crippen molar-refractivity contribution in [2.45, 2.75) is 39.0 Å². The molecule has 1 rings (SSSR count). The summed E-state index contributed by atoms with van der Waals surface area (Å²) in [4.78, 5) is 34.6. The number of hydrogen-bond donors (Lipinski definition) is 2. The highest BCUT2D eigenvalue weighted by Gasteiger charge is 2.20. The number of hydrogen-bond acceptors (Lipinski definition) is 5. The van der Waals surface area contributed by atoms with E-state index in [1.165, 1.54) is 0 Å². The number of esters is 1.